The summed E-state index contributed by atoms with van der Waals surface area (Å²) in [5.74, 6) is -0.666. The number of sulfonamides is 1. The van der Waals surface area contributed by atoms with Gasteiger partial charge in [-0.3, -0.25) is 0 Å². The van der Waals surface area contributed by atoms with E-state index < -0.39 is 15.8 Å². The van der Waals surface area contributed by atoms with Crippen molar-refractivity contribution >= 4 is 38.7 Å². The van der Waals surface area contributed by atoms with E-state index in [1.165, 1.54) is 18.5 Å². The van der Waals surface area contributed by atoms with Gasteiger partial charge in [-0.2, -0.15) is 0 Å². The van der Waals surface area contributed by atoms with Gasteiger partial charge in [0.05, 0.1) is 10.3 Å². The van der Waals surface area contributed by atoms with Crippen LogP contribution in [0.3, 0.4) is 0 Å². The van der Waals surface area contributed by atoms with Gasteiger partial charge in [0, 0.05) is 18.3 Å². The van der Waals surface area contributed by atoms with Crippen molar-refractivity contribution in [3.8, 4) is 0 Å². The van der Waals surface area contributed by atoms with Crippen molar-refractivity contribution in [3.05, 3.63) is 59.4 Å². The summed E-state index contributed by atoms with van der Waals surface area (Å²) in [6, 6.07) is 5.31. The van der Waals surface area contributed by atoms with Crippen molar-refractivity contribution in [1.82, 2.24) is 14.5 Å². The maximum atomic E-state index is 13.9. The van der Waals surface area contributed by atoms with E-state index in [0.29, 0.717) is 17.3 Å². The molecule has 9 heteroatoms. The van der Waals surface area contributed by atoms with E-state index in [-0.39, 0.29) is 10.5 Å². The standard InChI is InChI=1S/C15H12ClFN4O2S/c16-14-12-5-7-21(15(12)20-9-19-14)6-1-2-10-3-4-11(8-13(10)17)24(18,22)23/h1-5,7-9H,6H2,(H2,18,22,23)/b2-1+. The molecule has 0 saturated heterocycles. The minimum atomic E-state index is -3.92. The molecular formula is C15H12ClFN4O2S. The van der Waals surface area contributed by atoms with E-state index in [4.69, 9.17) is 16.7 Å². The Morgan fingerprint density at radius 1 is 1.29 bits per heavy atom. The first-order valence-corrected chi connectivity index (χ1v) is 8.73. The lowest BCUT2D eigenvalue weighted by Gasteiger charge is -2.02. The number of fused-ring (bicyclic) bond motifs is 1. The Morgan fingerprint density at radius 2 is 2.08 bits per heavy atom. The van der Waals surface area contributed by atoms with Gasteiger partial charge in [-0.1, -0.05) is 29.8 Å². The average molecular weight is 367 g/mol. The molecule has 3 rings (SSSR count). The summed E-state index contributed by atoms with van der Waals surface area (Å²) in [4.78, 5) is 7.80. The molecule has 2 aromatic heterocycles. The Bertz CT molecular complexity index is 1050. The monoisotopic (exact) mass is 366 g/mol. The van der Waals surface area contributed by atoms with Gasteiger partial charge in [-0.25, -0.2) is 27.9 Å². The highest BCUT2D eigenvalue weighted by Crippen LogP contribution is 2.20. The summed E-state index contributed by atoms with van der Waals surface area (Å²) in [5, 5.41) is 6.07. The predicted molar refractivity (Wildman–Crippen MR) is 89.3 cm³/mol. The molecule has 0 aliphatic heterocycles. The van der Waals surface area contributed by atoms with Gasteiger partial charge < -0.3 is 4.57 Å². The van der Waals surface area contributed by atoms with Gasteiger partial charge in [0.25, 0.3) is 0 Å². The molecule has 0 unspecified atom stereocenters. The zero-order valence-electron chi connectivity index (χ0n) is 12.2. The smallest absolute Gasteiger partial charge is 0.238 e. The lowest BCUT2D eigenvalue weighted by molar-refractivity contribution is 0.592. The highest BCUT2D eigenvalue weighted by molar-refractivity contribution is 7.89. The van der Waals surface area contributed by atoms with Crippen LogP contribution in [0.2, 0.25) is 5.15 Å². The molecule has 0 atom stereocenters. The molecule has 2 N–H and O–H groups in total. The first kappa shape index (κ1) is 16.6. The summed E-state index contributed by atoms with van der Waals surface area (Å²) in [7, 11) is -3.92. The SMILES string of the molecule is NS(=O)(=O)c1ccc(/C=C/Cn2ccc3c(Cl)ncnc32)c(F)c1. The Morgan fingerprint density at radius 3 is 2.79 bits per heavy atom. The van der Waals surface area contributed by atoms with Crippen LogP contribution < -0.4 is 5.14 Å². The molecular weight excluding hydrogens is 355 g/mol. The number of aromatic nitrogens is 3. The molecule has 6 nitrogen and oxygen atoms in total. The maximum absolute atomic E-state index is 13.9. The Labute approximate surface area is 142 Å². The summed E-state index contributed by atoms with van der Waals surface area (Å²) in [5.41, 5.74) is 0.927. The topological polar surface area (TPSA) is 90.9 Å². The van der Waals surface area contributed by atoms with Crippen LogP contribution in [0, 0.1) is 5.82 Å². The lowest BCUT2D eigenvalue weighted by atomic mass is 10.2. The van der Waals surface area contributed by atoms with Crippen LogP contribution >= 0.6 is 11.6 Å². The molecule has 2 heterocycles. The van der Waals surface area contributed by atoms with Crippen LogP contribution in [0.15, 0.2) is 47.8 Å². The van der Waals surface area contributed by atoms with Gasteiger partial charge >= 0.3 is 0 Å². The second-order valence-corrected chi connectivity index (χ2v) is 6.92. The van der Waals surface area contributed by atoms with Crippen LogP contribution in [0.5, 0.6) is 0 Å². The van der Waals surface area contributed by atoms with Gasteiger partial charge in [-0.05, 0) is 18.2 Å². The second-order valence-electron chi connectivity index (χ2n) is 5.00. The first-order valence-electron chi connectivity index (χ1n) is 6.80. The van der Waals surface area contributed by atoms with Gasteiger partial charge in [-0.15, -0.1) is 0 Å². The molecule has 0 spiro atoms. The van der Waals surface area contributed by atoms with Crippen molar-refractivity contribution in [2.24, 2.45) is 5.14 Å². The van der Waals surface area contributed by atoms with Crippen LogP contribution in [0.1, 0.15) is 5.56 Å². The molecule has 0 radical (unpaired) electrons. The van der Waals surface area contributed by atoms with Crippen molar-refractivity contribution in [1.29, 1.82) is 0 Å². The minimum Gasteiger partial charge on any atom is -0.329 e. The van der Waals surface area contributed by atoms with Crippen molar-refractivity contribution < 1.29 is 12.8 Å². The number of benzene rings is 1. The van der Waals surface area contributed by atoms with Crippen molar-refractivity contribution in [2.45, 2.75) is 11.4 Å². The summed E-state index contributed by atoms with van der Waals surface area (Å²) < 4.78 is 38.1. The molecule has 0 amide bonds. The van der Waals surface area contributed by atoms with E-state index in [1.54, 1.807) is 24.4 Å². The zero-order chi connectivity index (χ0) is 17.3. The molecule has 0 saturated carbocycles. The maximum Gasteiger partial charge on any atom is 0.238 e. The fourth-order valence-corrected chi connectivity index (χ4v) is 2.95. The third-order valence-electron chi connectivity index (χ3n) is 3.41. The number of hydrogen-bond donors (Lipinski definition) is 1. The quantitative estimate of drug-likeness (QED) is 0.718. The number of halogens is 2. The van der Waals surface area contributed by atoms with Gasteiger partial charge in [0.15, 0.2) is 0 Å². The summed E-state index contributed by atoms with van der Waals surface area (Å²) in [6.07, 6.45) is 6.45. The Kier molecular flexibility index (Phi) is 4.35. The number of nitrogens with zero attached hydrogens (tertiary/aromatic N) is 3. The highest BCUT2D eigenvalue weighted by Gasteiger charge is 2.10. The number of rotatable bonds is 4. The van der Waals surface area contributed by atoms with E-state index in [2.05, 4.69) is 9.97 Å². The third-order valence-corrected chi connectivity index (χ3v) is 4.62. The normalized spacial score (nSPS) is 12.3. The Hall–Kier alpha value is -2.29. The number of nitrogens with two attached hydrogens (primary N) is 1. The fraction of sp³-hybridized carbons (Fsp3) is 0.0667. The largest absolute Gasteiger partial charge is 0.329 e. The number of hydrogen-bond acceptors (Lipinski definition) is 4. The van der Waals surface area contributed by atoms with Crippen LogP contribution in [0.25, 0.3) is 17.1 Å². The molecule has 3 aromatic rings. The molecule has 0 fully saturated rings. The third kappa shape index (κ3) is 3.30. The molecule has 0 bridgehead atoms. The minimum absolute atomic E-state index is 0.256. The molecule has 24 heavy (non-hydrogen) atoms. The van der Waals surface area contributed by atoms with Crippen LogP contribution in [-0.4, -0.2) is 23.0 Å². The number of allylic oxidation sites excluding steroid dienone is 1. The molecule has 0 aliphatic rings. The highest BCUT2D eigenvalue weighted by atomic mass is 35.5. The molecule has 0 aliphatic carbocycles. The molecule has 124 valence electrons. The zero-order valence-corrected chi connectivity index (χ0v) is 13.8. The summed E-state index contributed by atoms with van der Waals surface area (Å²) in [6.45, 7) is 0.438. The van der Waals surface area contributed by atoms with E-state index in [1.807, 2.05) is 4.57 Å². The first-order chi connectivity index (χ1) is 11.4. The fourth-order valence-electron chi connectivity index (χ4n) is 2.23. The van der Waals surface area contributed by atoms with Crippen LogP contribution in [-0.2, 0) is 16.6 Å². The van der Waals surface area contributed by atoms with E-state index >= 15 is 0 Å². The average Bonchev–Trinajstić information content (AvgIpc) is 2.92. The molecule has 1 aromatic carbocycles. The lowest BCUT2D eigenvalue weighted by Crippen LogP contribution is -2.12. The van der Waals surface area contributed by atoms with E-state index in [0.717, 1.165) is 11.5 Å². The van der Waals surface area contributed by atoms with Gasteiger partial charge in [0.2, 0.25) is 10.0 Å². The van der Waals surface area contributed by atoms with Crippen molar-refractivity contribution in [2.75, 3.05) is 0 Å². The van der Waals surface area contributed by atoms with Crippen molar-refractivity contribution in [3.63, 3.8) is 0 Å². The second kappa shape index (κ2) is 6.31. The number of primary sulfonamides is 1. The van der Waals surface area contributed by atoms with Crippen LogP contribution in [0.4, 0.5) is 4.39 Å². The Balaban J connectivity index is 1.82. The summed E-state index contributed by atoms with van der Waals surface area (Å²) >= 11 is 5.98. The van der Waals surface area contributed by atoms with Gasteiger partial charge in [0.1, 0.15) is 22.9 Å². The predicted octanol–water partition coefficient (Wildman–Crippen LogP) is 2.58. The van der Waals surface area contributed by atoms with E-state index in [9.17, 15) is 12.8 Å².